The number of amides is 1. The number of hydrogen-bond acceptors (Lipinski definition) is 6. The summed E-state index contributed by atoms with van der Waals surface area (Å²) in [6, 6.07) is 13.8. The van der Waals surface area contributed by atoms with Crippen LogP contribution in [0.3, 0.4) is 0 Å². The number of nitrogens with one attached hydrogen (secondary N) is 1. The number of aromatic nitrogens is 2. The zero-order valence-corrected chi connectivity index (χ0v) is 15.9. The Morgan fingerprint density at radius 3 is 2.82 bits per heavy atom. The van der Waals surface area contributed by atoms with E-state index in [0.717, 1.165) is 10.0 Å². The summed E-state index contributed by atoms with van der Waals surface area (Å²) in [6.07, 6.45) is 2.43. The maximum absolute atomic E-state index is 12.3. The average Bonchev–Trinajstić information content (AvgIpc) is 3.07. The number of phenolic OH excluding ortho intramolecular Hbond substituents is 1. The fraction of sp³-hybridized carbons (Fsp3) is 0.0556. The van der Waals surface area contributed by atoms with Crippen LogP contribution in [0.5, 0.6) is 5.75 Å². The molecule has 142 valence electrons. The zero-order valence-electron chi connectivity index (χ0n) is 14.3. The lowest BCUT2D eigenvalue weighted by Gasteiger charge is -2.01. The van der Waals surface area contributed by atoms with Gasteiger partial charge >= 0.3 is 5.69 Å². The quantitative estimate of drug-likeness (QED) is 0.344. The number of hydrogen-bond donors (Lipinski definition) is 2. The fourth-order valence-corrected chi connectivity index (χ4v) is 2.87. The standard InChI is InChI=1S/C18H14BrN5O4/c19-14-6-3-4-12(8-14)10-23-11-15(24(27)28)17(22-23)18(26)21-20-9-13-5-1-2-7-16(13)25/h1-9,11,25H,10H2,(H,21,26)/b20-9-. The first-order chi connectivity index (χ1) is 13.4. The number of nitrogens with zero attached hydrogens (tertiary/aromatic N) is 4. The van der Waals surface area contributed by atoms with Crippen LogP contribution in [0.15, 0.2) is 64.3 Å². The van der Waals surface area contributed by atoms with Gasteiger partial charge in [-0.3, -0.25) is 19.6 Å². The van der Waals surface area contributed by atoms with E-state index in [0.29, 0.717) is 5.56 Å². The zero-order chi connectivity index (χ0) is 20.1. The molecule has 1 heterocycles. The maximum Gasteiger partial charge on any atom is 0.320 e. The van der Waals surface area contributed by atoms with Crippen LogP contribution in [-0.2, 0) is 6.54 Å². The number of nitro groups is 1. The summed E-state index contributed by atoms with van der Waals surface area (Å²) < 4.78 is 2.18. The largest absolute Gasteiger partial charge is 0.507 e. The Kier molecular flexibility index (Phi) is 5.80. The third-order valence-corrected chi connectivity index (χ3v) is 4.19. The molecule has 0 radical (unpaired) electrons. The lowest BCUT2D eigenvalue weighted by atomic mass is 10.2. The van der Waals surface area contributed by atoms with E-state index in [1.807, 2.05) is 24.3 Å². The van der Waals surface area contributed by atoms with Crippen LogP contribution in [0, 0.1) is 10.1 Å². The van der Waals surface area contributed by atoms with Gasteiger partial charge in [0.15, 0.2) is 0 Å². The third-order valence-electron chi connectivity index (χ3n) is 3.69. The van der Waals surface area contributed by atoms with E-state index >= 15 is 0 Å². The molecule has 0 saturated carbocycles. The molecule has 0 saturated heterocycles. The predicted octanol–water partition coefficient (Wildman–Crippen LogP) is 3.07. The Labute approximate surface area is 167 Å². The van der Waals surface area contributed by atoms with Crippen molar-refractivity contribution in [3.8, 4) is 5.75 Å². The second-order valence-electron chi connectivity index (χ2n) is 5.71. The van der Waals surface area contributed by atoms with E-state index in [1.54, 1.807) is 18.2 Å². The molecule has 1 aromatic heterocycles. The van der Waals surface area contributed by atoms with Gasteiger partial charge in [-0.2, -0.15) is 10.2 Å². The van der Waals surface area contributed by atoms with E-state index in [-0.39, 0.29) is 18.0 Å². The van der Waals surface area contributed by atoms with Gasteiger partial charge in [-0.1, -0.05) is 40.2 Å². The molecule has 10 heteroatoms. The van der Waals surface area contributed by atoms with Crippen molar-refractivity contribution >= 4 is 33.7 Å². The molecule has 0 atom stereocenters. The summed E-state index contributed by atoms with van der Waals surface area (Å²) in [4.78, 5) is 22.9. The van der Waals surface area contributed by atoms with Gasteiger partial charge in [0.1, 0.15) is 11.9 Å². The second kappa shape index (κ2) is 8.44. The highest BCUT2D eigenvalue weighted by molar-refractivity contribution is 9.10. The topological polar surface area (TPSA) is 123 Å². The predicted molar refractivity (Wildman–Crippen MR) is 105 cm³/mol. The minimum absolute atomic E-state index is 0.00946. The summed E-state index contributed by atoms with van der Waals surface area (Å²) in [6.45, 7) is 0.259. The van der Waals surface area contributed by atoms with Crippen molar-refractivity contribution in [2.24, 2.45) is 5.10 Å². The molecule has 0 aliphatic carbocycles. The summed E-state index contributed by atoms with van der Waals surface area (Å²) >= 11 is 3.36. The Balaban J connectivity index is 1.78. The Morgan fingerprint density at radius 2 is 2.11 bits per heavy atom. The number of hydrazone groups is 1. The normalized spacial score (nSPS) is 10.9. The molecule has 28 heavy (non-hydrogen) atoms. The van der Waals surface area contributed by atoms with Crippen LogP contribution in [0.25, 0.3) is 0 Å². The summed E-state index contributed by atoms with van der Waals surface area (Å²) in [7, 11) is 0. The SMILES string of the molecule is O=C(N/N=C\c1ccccc1O)c1nn(Cc2cccc(Br)c2)cc1[N+](=O)[O-]. The van der Waals surface area contributed by atoms with Crippen molar-refractivity contribution in [2.75, 3.05) is 0 Å². The average molecular weight is 444 g/mol. The number of para-hydroxylation sites is 1. The Morgan fingerprint density at radius 1 is 1.32 bits per heavy atom. The highest BCUT2D eigenvalue weighted by atomic mass is 79.9. The van der Waals surface area contributed by atoms with Crippen molar-refractivity contribution in [1.29, 1.82) is 0 Å². The highest BCUT2D eigenvalue weighted by Crippen LogP contribution is 2.19. The number of phenols is 1. The van der Waals surface area contributed by atoms with E-state index < -0.39 is 16.5 Å². The fourth-order valence-electron chi connectivity index (χ4n) is 2.42. The molecular weight excluding hydrogens is 430 g/mol. The molecule has 0 aliphatic rings. The highest BCUT2D eigenvalue weighted by Gasteiger charge is 2.25. The number of halogens is 1. The molecular formula is C18H14BrN5O4. The number of carbonyl (C=O) groups excluding carboxylic acids is 1. The van der Waals surface area contributed by atoms with Gasteiger partial charge < -0.3 is 5.11 Å². The lowest BCUT2D eigenvalue weighted by Crippen LogP contribution is -2.19. The molecule has 0 aliphatic heterocycles. The van der Waals surface area contributed by atoms with Crippen molar-refractivity contribution in [2.45, 2.75) is 6.54 Å². The van der Waals surface area contributed by atoms with Gasteiger partial charge in [0.25, 0.3) is 5.91 Å². The van der Waals surface area contributed by atoms with Gasteiger partial charge in [0.2, 0.25) is 5.69 Å². The number of carbonyl (C=O) groups is 1. The maximum atomic E-state index is 12.3. The van der Waals surface area contributed by atoms with Gasteiger partial charge in [-0.05, 0) is 29.8 Å². The molecule has 0 fully saturated rings. The van der Waals surface area contributed by atoms with Crippen LogP contribution < -0.4 is 5.43 Å². The van der Waals surface area contributed by atoms with E-state index in [2.05, 4.69) is 31.6 Å². The molecule has 0 spiro atoms. The molecule has 2 aromatic carbocycles. The molecule has 3 aromatic rings. The van der Waals surface area contributed by atoms with Crippen molar-refractivity contribution < 1.29 is 14.8 Å². The van der Waals surface area contributed by atoms with Crippen molar-refractivity contribution in [3.05, 3.63) is 86.1 Å². The number of rotatable bonds is 6. The molecule has 0 bridgehead atoms. The van der Waals surface area contributed by atoms with Gasteiger partial charge in [0, 0.05) is 10.0 Å². The van der Waals surface area contributed by atoms with E-state index in [1.165, 1.54) is 23.2 Å². The van der Waals surface area contributed by atoms with Crippen molar-refractivity contribution in [1.82, 2.24) is 15.2 Å². The first kappa shape index (κ1) is 19.2. The van der Waals surface area contributed by atoms with Crippen LogP contribution in [0.4, 0.5) is 5.69 Å². The van der Waals surface area contributed by atoms with E-state index in [9.17, 15) is 20.0 Å². The molecule has 2 N–H and O–H groups in total. The number of aromatic hydroxyl groups is 1. The summed E-state index contributed by atoms with van der Waals surface area (Å²) in [5.74, 6) is -0.837. The van der Waals surface area contributed by atoms with E-state index in [4.69, 9.17) is 0 Å². The van der Waals surface area contributed by atoms with Gasteiger partial charge in [-0.25, -0.2) is 5.43 Å². The van der Waals surface area contributed by atoms with Gasteiger partial charge in [0.05, 0.1) is 17.7 Å². The minimum atomic E-state index is -0.827. The van der Waals surface area contributed by atoms with Gasteiger partial charge in [-0.15, -0.1) is 0 Å². The second-order valence-corrected chi connectivity index (χ2v) is 6.62. The van der Waals surface area contributed by atoms with Crippen LogP contribution >= 0.6 is 15.9 Å². The van der Waals surface area contributed by atoms with Crippen LogP contribution in [0.2, 0.25) is 0 Å². The lowest BCUT2D eigenvalue weighted by molar-refractivity contribution is -0.385. The summed E-state index contributed by atoms with van der Waals surface area (Å²) in [5.41, 5.74) is 2.65. The minimum Gasteiger partial charge on any atom is -0.507 e. The molecule has 1 amide bonds. The Bertz CT molecular complexity index is 1060. The monoisotopic (exact) mass is 443 g/mol. The van der Waals surface area contributed by atoms with Crippen molar-refractivity contribution in [3.63, 3.8) is 0 Å². The number of benzene rings is 2. The summed E-state index contributed by atoms with van der Waals surface area (Å²) in [5, 5.41) is 28.7. The molecule has 0 unspecified atom stereocenters. The molecule has 3 rings (SSSR count). The Hall–Kier alpha value is -3.53. The third kappa shape index (κ3) is 4.60. The smallest absolute Gasteiger partial charge is 0.320 e. The van der Waals surface area contributed by atoms with Crippen LogP contribution in [-0.4, -0.2) is 31.9 Å². The van der Waals surface area contributed by atoms with Crippen LogP contribution in [0.1, 0.15) is 21.6 Å². The molecule has 9 nitrogen and oxygen atoms in total. The first-order valence-electron chi connectivity index (χ1n) is 8.01. The first-order valence-corrected chi connectivity index (χ1v) is 8.81.